The van der Waals surface area contributed by atoms with Crippen molar-refractivity contribution in [2.45, 2.75) is 47.0 Å². The Labute approximate surface area is 87.7 Å². The highest BCUT2D eigenvalue weighted by Crippen LogP contribution is 2.03. The minimum atomic E-state index is -0.310. The smallest absolute Gasteiger partial charge is 0.242 e. The van der Waals surface area contributed by atoms with Gasteiger partial charge in [-0.25, -0.2) is 0 Å². The zero-order chi connectivity index (χ0) is 12.0. The Morgan fingerprint density at radius 3 is 2.00 bits per heavy atom. The second kappa shape index (κ2) is 17.8. The van der Waals surface area contributed by atoms with Crippen LogP contribution in [0.15, 0.2) is 24.9 Å². The van der Waals surface area contributed by atoms with Gasteiger partial charge in [-0.1, -0.05) is 34.1 Å². The van der Waals surface area contributed by atoms with Crippen LogP contribution >= 0.6 is 0 Å². The van der Waals surface area contributed by atoms with Crippen LogP contribution in [-0.2, 0) is 0 Å². The lowest BCUT2D eigenvalue weighted by Crippen LogP contribution is -1.96. The molecule has 0 rings (SSSR count). The molecule has 0 aliphatic carbocycles. The average Bonchev–Trinajstić information content (AvgIpc) is 2.24. The van der Waals surface area contributed by atoms with E-state index in [1.54, 1.807) is 13.0 Å². The van der Waals surface area contributed by atoms with Crippen LogP contribution in [0.4, 0.5) is 0 Å². The molecule has 0 amide bonds. The van der Waals surface area contributed by atoms with E-state index in [9.17, 15) is 10.1 Å². The van der Waals surface area contributed by atoms with Gasteiger partial charge in [0.05, 0.1) is 4.92 Å². The van der Waals surface area contributed by atoms with Gasteiger partial charge in [-0.05, 0) is 12.5 Å². The number of hydrogen-bond donors (Lipinski definition) is 0. The second-order valence-corrected chi connectivity index (χ2v) is 2.09. The van der Waals surface area contributed by atoms with Gasteiger partial charge >= 0.3 is 0 Å². The van der Waals surface area contributed by atoms with Crippen molar-refractivity contribution in [3.8, 4) is 0 Å². The number of allylic oxidation sites excluding steroid dienone is 2. The van der Waals surface area contributed by atoms with E-state index in [0.29, 0.717) is 12.1 Å². The molecular formula is C11H23NO2. The molecule has 3 nitrogen and oxygen atoms in total. The zero-order valence-electron chi connectivity index (χ0n) is 9.88. The summed E-state index contributed by atoms with van der Waals surface area (Å²) >= 11 is 0. The summed E-state index contributed by atoms with van der Waals surface area (Å²) < 4.78 is 0. The molecule has 0 saturated carbocycles. The summed E-state index contributed by atoms with van der Waals surface area (Å²) in [5.41, 5.74) is 0.335. The zero-order valence-corrected chi connectivity index (χ0v) is 9.88. The van der Waals surface area contributed by atoms with Crippen LogP contribution in [-0.4, -0.2) is 4.92 Å². The normalized spacial score (nSPS) is 9.00. The fourth-order valence-electron chi connectivity index (χ4n) is 0.659. The molecule has 0 atom stereocenters. The van der Waals surface area contributed by atoms with Gasteiger partial charge < -0.3 is 0 Å². The molecule has 3 heteroatoms. The Hall–Kier alpha value is -1.12. The lowest BCUT2D eigenvalue weighted by atomic mass is 10.2. The summed E-state index contributed by atoms with van der Waals surface area (Å²) in [6.07, 6.45) is 3.99. The van der Waals surface area contributed by atoms with Crippen molar-refractivity contribution in [1.82, 2.24) is 0 Å². The van der Waals surface area contributed by atoms with E-state index < -0.39 is 0 Å². The molecule has 0 aromatic rings. The van der Waals surface area contributed by atoms with Gasteiger partial charge in [0.15, 0.2) is 0 Å². The van der Waals surface area contributed by atoms with Crippen LogP contribution < -0.4 is 0 Å². The van der Waals surface area contributed by atoms with Crippen molar-refractivity contribution in [2.24, 2.45) is 0 Å². The van der Waals surface area contributed by atoms with Gasteiger partial charge in [0.25, 0.3) is 0 Å². The van der Waals surface area contributed by atoms with E-state index in [1.165, 1.54) is 0 Å². The Morgan fingerprint density at radius 1 is 1.36 bits per heavy atom. The quantitative estimate of drug-likeness (QED) is 0.389. The molecule has 0 fully saturated rings. The third kappa shape index (κ3) is 13.5. The number of nitro groups is 1. The third-order valence-electron chi connectivity index (χ3n) is 1.27. The average molecular weight is 201 g/mol. The first kappa shape index (κ1) is 18.6. The van der Waals surface area contributed by atoms with E-state index in [-0.39, 0.29) is 4.92 Å². The van der Waals surface area contributed by atoms with Crippen LogP contribution in [0.2, 0.25) is 0 Å². The van der Waals surface area contributed by atoms with Crippen molar-refractivity contribution < 1.29 is 4.92 Å². The lowest BCUT2D eigenvalue weighted by molar-refractivity contribution is -0.427. The number of unbranched alkanes of at least 4 members (excludes halogenated alkanes) is 1. The fourth-order valence-corrected chi connectivity index (χ4v) is 0.659. The lowest BCUT2D eigenvalue weighted by Gasteiger charge is -1.91. The van der Waals surface area contributed by atoms with Crippen molar-refractivity contribution in [3.63, 3.8) is 0 Å². The molecule has 0 spiro atoms. The summed E-state index contributed by atoms with van der Waals surface area (Å²) in [5.74, 6) is 0. The maximum atomic E-state index is 10.2. The van der Waals surface area contributed by atoms with Crippen LogP contribution in [0.5, 0.6) is 0 Å². The first-order valence-corrected chi connectivity index (χ1v) is 5.05. The van der Waals surface area contributed by atoms with Gasteiger partial charge in [-0.15, -0.1) is 13.2 Å². The maximum Gasteiger partial charge on any atom is 0.242 e. The van der Waals surface area contributed by atoms with Crippen molar-refractivity contribution in [1.29, 1.82) is 0 Å². The Bertz CT molecular complexity index is 153. The molecule has 0 aromatic heterocycles. The highest BCUT2D eigenvalue weighted by molar-refractivity contribution is 4.89. The van der Waals surface area contributed by atoms with Crippen molar-refractivity contribution in [3.05, 3.63) is 35.0 Å². The first-order chi connectivity index (χ1) is 6.72. The van der Waals surface area contributed by atoms with E-state index in [4.69, 9.17) is 0 Å². The van der Waals surface area contributed by atoms with Crippen LogP contribution in [0, 0.1) is 10.1 Å². The molecule has 0 bridgehead atoms. The summed E-state index contributed by atoms with van der Waals surface area (Å²) in [4.78, 5) is 9.86. The summed E-state index contributed by atoms with van der Waals surface area (Å²) in [6, 6.07) is 0. The first-order valence-electron chi connectivity index (χ1n) is 5.05. The highest BCUT2D eigenvalue weighted by Gasteiger charge is 2.04. The highest BCUT2D eigenvalue weighted by atomic mass is 16.6. The Morgan fingerprint density at radius 2 is 1.79 bits per heavy atom. The number of rotatable bonds is 4. The van der Waals surface area contributed by atoms with Crippen LogP contribution in [0.25, 0.3) is 0 Å². The van der Waals surface area contributed by atoms with Crippen molar-refractivity contribution >= 4 is 0 Å². The third-order valence-corrected chi connectivity index (χ3v) is 1.27. The number of hydrogen-bond acceptors (Lipinski definition) is 2. The largest absolute Gasteiger partial charge is 0.259 e. The molecule has 14 heavy (non-hydrogen) atoms. The monoisotopic (exact) mass is 201 g/mol. The Balaban J connectivity index is -0.000000266. The predicted molar refractivity (Wildman–Crippen MR) is 62.9 cm³/mol. The maximum absolute atomic E-state index is 10.2. The molecule has 0 heterocycles. The summed E-state index contributed by atoms with van der Waals surface area (Å²) in [5, 5.41) is 10.2. The molecule has 0 N–H and O–H groups in total. The molecule has 0 saturated heterocycles. The van der Waals surface area contributed by atoms with Crippen LogP contribution in [0.3, 0.4) is 0 Å². The predicted octanol–water partition coefficient (Wildman–Crippen LogP) is 4.19. The van der Waals surface area contributed by atoms with Gasteiger partial charge in [0, 0.05) is 6.42 Å². The van der Waals surface area contributed by atoms with E-state index in [0.717, 1.165) is 12.8 Å². The molecule has 0 aliphatic heterocycles. The van der Waals surface area contributed by atoms with Gasteiger partial charge in [-0.2, -0.15) is 0 Å². The summed E-state index contributed by atoms with van der Waals surface area (Å²) in [6.45, 7) is 13.8. The second-order valence-electron chi connectivity index (χ2n) is 2.09. The van der Waals surface area contributed by atoms with Crippen LogP contribution in [0.1, 0.15) is 47.0 Å². The van der Waals surface area contributed by atoms with E-state index in [1.807, 2.05) is 20.8 Å². The molecule has 84 valence electrons. The molecule has 0 aromatic carbocycles. The Kier molecular flexibility index (Phi) is 23.7. The SMILES string of the molecule is C=C.CC.CCC/C=C(\CC)[N+](=O)[O-]. The molecule has 0 unspecified atom stereocenters. The fraction of sp³-hybridized carbons (Fsp3) is 0.636. The molecule has 0 aliphatic rings. The van der Waals surface area contributed by atoms with Gasteiger partial charge in [0.2, 0.25) is 5.70 Å². The molecule has 0 radical (unpaired) electrons. The minimum Gasteiger partial charge on any atom is -0.259 e. The standard InChI is InChI=1S/C7H13NO2.C2H6.C2H4/c1-3-5-6-7(4-2)8(9)10;2*1-2/h6H,3-5H2,1-2H3;1-2H3;1-2H2/b7-6+;;. The van der Waals surface area contributed by atoms with E-state index >= 15 is 0 Å². The van der Waals surface area contributed by atoms with Gasteiger partial charge in [0.1, 0.15) is 0 Å². The van der Waals surface area contributed by atoms with E-state index in [2.05, 4.69) is 13.2 Å². The van der Waals surface area contributed by atoms with Crippen molar-refractivity contribution in [2.75, 3.05) is 0 Å². The summed E-state index contributed by atoms with van der Waals surface area (Å²) in [7, 11) is 0. The topological polar surface area (TPSA) is 43.1 Å². The number of nitrogens with zero attached hydrogens (tertiary/aromatic N) is 1. The molecular weight excluding hydrogens is 178 g/mol. The van der Waals surface area contributed by atoms with Gasteiger partial charge in [-0.3, -0.25) is 10.1 Å². The minimum absolute atomic E-state index is 0.310.